The zero-order valence-corrected chi connectivity index (χ0v) is 13.8. The second kappa shape index (κ2) is 7.42. The minimum atomic E-state index is -0.954. The molecule has 0 aliphatic rings. The van der Waals surface area contributed by atoms with Gasteiger partial charge in [0.25, 0.3) is 5.91 Å². The topological polar surface area (TPSA) is 79.2 Å². The van der Waals surface area contributed by atoms with E-state index in [9.17, 15) is 9.59 Å². The number of anilines is 1. The van der Waals surface area contributed by atoms with E-state index in [-0.39, 0.29) is 0 Å². The van der Waals surface area contributed by atoms with Gasteiger partial charge < -0.3 is 10.1 Å². The van der Waals surface area contributed by atoms with Gasteiger partial charge >= 0.3 is 5.97 Å². The molecular formula is C19H18N2O3. The third kappa shape index (κ3) is 4.20. The third-order valence-electron chi connectivity index (χ3n) is 3.65. The minimum absolute atomic E-state index is 0.407. The second-order valence-electron chi connectivity index (χ2n) is 5.53. The quantitative estimate of drug-likeness (QED) is 0.875. The minimum Gasteiger partial charge on any atom is -0.449 e. The molecule has 0 radical (unpaired) electrons. The fraction of sp³-hybridized carbons (Fsp3) is 0.211. The highest BCUT2D eigenvalue weighted by Crippen LogP contribution is 2.13. The van der Waals surface area contributed by atoms with E-state index in [0.717, 1.165) is 11.1 Å². The lowest BCUT2D eigenvalue weighted by Gasteiger charge is -2.14. The molecule has 1 N–H and O–H groups in total. The fourth-order valence-corrected chi connectivity index (χ4v) is 2.06. The summed E-state index contributed by atoms with van der Waals surface area (Å²) >= 11 is 0. The highest BCUT2D eigenvalue weighted by Gasteiger charge is 2.19. The highest BCUT2D eigenvalue weighted by molar-refractivity contribution is 5.97. The van der Waals surface area contributed by atoms with Crippen LogP contribution in [0.1, 0.15) is 34.0 Å². The number of amides is 1. The first-order valence-electron chi connectivity index (χ1n) is 7.50. The largest absolute Gasteiger partial charge is 0.449 e. The van der Waals surface area contributed by atoms with Gasteiger partial charge in [-0.05, 0) is 62.2 Å². The van der Waals surface area contributed by atoms with Crippen LogP contribution in [0.5, 0.6) is 0 Å². The summed E-state index contributed by atoms with van der Waals surface area (Å²) in [5.41, 5.74) is 3.38. The van der Waals surface area contributed by atoms with Crippen LogP contribution in [0.15, 0.2) is 42.5 Å². The first kappa shape index (κ1) is 17.2. The van der Waals surface area contributed by atoms with Gasteiger partial charge in [-0.3, -0.25) is 4.79 Å². The standard InChI is InChI=1S/C19H18N2O3/c1-12-7-8-16(9-13(12)2)19(23)24-14(3)18(22)21-17-6-4-5-15(10-17)11-20/h4-10,14H,1-3H3,(H,21,22)/t14-/m1/s1. The maximum Gasteiger partial charge on any atom is 0.338 e. The number of benzene rings is 2. The Kier molecular flexibility index (Phi) is 5.33. The monoisotopic (exact) mass is 322 g/mol. The van der Waals surface area contributed by atoms with Crippen molar-refractivity contribution < 1.29 is 14.3 Å². The lowest BCUT2D eigenvalue weighted by atomic mass is 10.1. The summed E-state index contributed by atoms with van der Waals surface area (Å²) in [6.07, 6.45) is -0.954. The molecule has 5 heteroatoms. The maximum atomic E-state index is 12.1. The molecule has 24 heavy (non-hydrogen) atoms. The van der Waals surface area contributed by atoms with Crippen molar-refractivity contribution in [3.63, 3.8) is 0 Å². The van der Waals surface area contributed by atoms with E-state index in [0.29, 0.717) is 16.8 Å². The van der Waals surface area contributed by atoms with Crippen molar-refractivity contribution >= 4 is 17.6 Å². The molecule has 0 saturated carbocycles. The number of nitrogens with one attached hydrogen (secondary N) is 1. The molecule has 5 nitrogen and oxygen atoms in total. The van der Waals surface area contributed by atoms with Crippen molar-refractivity contribution in [2.45, 2.75) is 26.9 Å². The van der Waals surface area contributed by atoms with Crippen molar-refractivity contribution in [1.29, 1.82) is 5.26 Å². The molecule has 0 heterocycles. The molecule has 0 bridgehead atoms. The Bertz CT molecular complexity index is 822. The number of nitriles is 1. The van der Waals surface area contributed by atoms with Crippen LogP contribution in [0.2, 0.25) is 0 Å². The molecule has 0 unspecified atom stereocenters. The zero-order valence-electron chi connectivity index (χ0n) is 13.8. The maximum absolute atomic E-state index is 12.1. The summed E-state index contributed by atoms with van der Waals surface area (Å²) in [6.45, 7) is 5.36. The summed E-state index contributed by atoms with van der Waals surface area (Å²) in [4.78, 5) is 24.3. The molecule has 0 aliphatic heterocycles. The van der Waals surface area contributed by atoms with Gasteiger partial charge in [0.1, 0.15) is 0 Å². The van der Waals surface area contributed by atoms with E-state index in [1.54, 1.807) is 36.4 Å². The molecule has 1 amide bonds. The summed E-state index contributed by atoms with van der Waals surface area (Å²) in [7, 11) is 0. The summed E-state index contributed by atoms with van der Waals surface area (Å²) in [5.74, 6) is -1.01. The first-order chi connectivity index (χ1) is 11.4. The number of aryl methyl sites for hydroxylation is 2. The van der Waals surface area contributed by atoms with Gasteiger partial charge in [0.15, 0.2) is 6.10 Å². The van der Waals surface area contributed by atoms with Crippen LogP contribution in [-0.4, -0.2) is 18.0 Å². The molecule has 122 valence electrons. The van der Waals surface area contributed by atoms with E-state index >= 15 is 0 Å². The number of hydrogen-bond acceptors (Lipinski definition) is 4. The van der Waals surface area contributed by atoms with Crippen molar-refractivity contribution in [3.8, 4) is 6.07 Å². The summed E-state index contributed by atoms with van der Waals surface area (Å²) < 4.78 is 5.21. The molecule has 0 spiro atoms. The molecule has 2 rings (SSSR count). The lowest BCUT2D eigenvalue weighted by Crippen LogP contribution is -2.30. The van der Waals surface area contributed by atoms with E-state index in [2.05, 4.69) is 5.32 Å². The van der Waals surface area contributed by atoms with Gasteiger partial charge in [-0.2, -0.15) is 5.26 Å². The fourth-order valence-electron chi connectivity index (χ4n) is 2.06. The Hall–Kier alpha value is -3.13. The Balaban J connectivity index is 2.01. The first-order valence-corrected chi connectivity index (χ1v) is 7.50. The number of nitrogens with zero attached hydrogens (tertiary/aromatic N) is 1. The van der Waals surface area contributed by atoms with Gasteiger partial charge in [-0.15, -0.1) is 0 Å². The second-order valence-corrected chi connectivity index (χ2v) is 5.53. The van der Waals surface area contributed by atoms with Crippen molar-refractivity contribution in [2.75, 3.05) is 5.32 Å². The van der Waals surface area contributed by atoms with Gasteiger partial charge in [0.2, 0.25) is 0 Å². The Morgan fingerprint density at radius 1 is 1.12 bits per heavy atom. The molecule has 0 fully saturated rings. The van der Waals surface area contributed by atoms with Crippen molar-refractivity contribution in [3.05, 3.63) is 64.7 Å². The van der Waals surface area contributed by atoms with Crippen LogP contribution >= 0.6 is 0 Å². The molecular weight excluding hydrogens is 304 g/mol. The molecule has 0 saturated heterocycles. The van der Waals surface area contributed by atoms with Crippen LogP contribution in [0.25, 0.3) is 0 Å². The Morgan fingerprint density at radius 2 is 1.88 bits per heavy atom. The molecule has 0 aromatic heterocycles. The molecule has 1 atom stereocenters. The molecule has 2 aromatic rings. The van der Waals surface area contributed by atoms with Crippen LogP contribution in [0.3, 0.4) is 0 Å². The number of esters is 1. The van der Waals surface area contributed by atoms with Crippen LogP contribution in [-0.2, 0) is 9.53 Å². The predicted octanol–water partition coefficient (Wildman–Crippen LogP) is 3.36. The van der Waals surface area contributed by atoms with Crippen LogP contribution in [0.4, 0.5) is 5.69 Å². The zero-order chi connectivity index (χ0) is 17.7. The van der Waals surface area contributed by atoms with Gasteiger partial charge in [-0.1, -0.05) is 12.1 Å². The van der Waals surface area contributed by atoms with Crippen LogP contribution < -0.4 is 5.32 Å². The highest BCUT2D eigenvalue weighted by atomic mass is 16.5. The van der Waals surface area contributed by atoms with E-state index in [1.165, 1.54) is 6.92 Å². The Morgan fingerprint density at radius 3 is 2.54 bits per heavy atom. The number of carbonyl (C=O) groups excluding carboxylic acids is 2. The van der Waals surface area contributed by atoms with Gasteiger partial charge in [0, 0.05) is 5.69 Å². The van der Waals surface area contributed by atoms with Gasteiger partial charge in [-0.25, -0.2) is 4.79 Å². The average molecular weight is 322 g/mol. The molecule has 0 aliphatic carbocycles. The van der Waals surface area contributed by atoms with Crippen LogP contribution in [0, 0.1) is 25.2 Å². The normalized spacial score (nSPS) is 11.2. The predicted molar refractivity (Wildman–Crippen MR) is 90.6 cm³/mol. The summed E-state index contributed by atoms with van der Waals surface area (Å²) in [5, 5.41) is 11.5. The number of carbonyl (C=O) groups is 2. The van der Waals surface area contributed by atoms with E-state index < -0.39 is 18.0 Å². The smallest absolute Gasteiger partial charge is 0.338 e. The number of hydrogen-bond donors (Lipinski definition) is 1. The number of ether oxygens (including phenoxy) is 1. The van der Waals surface area contributed by atoms with Crippen molar-refractivity contribution in [2.24, 2.45) is 0 Å². The van der Waals surface area contributed by atoms with E-state index in [4.69, 9.17) is 10.00 Å². The third-order valence-corrected chi connectivity index (χ3v) is 3.65. The number of rotatable bonds is 4. The average Bonchev–Trinajstić information content (AvgIpc) is 2.57. The Labute approximate surface area is 140 Å². The van der Waals surface area contributed by atoms with E-state index in [1.807, 2.05) is 26.0 Å². The lowest BCUT2D eigenvalue weighted by molar-refractivity contribution is -0.123. The van der Waals surface area contributed by atoms with Crippen molar-refractivity contribution in [1.82, 2.24) is 0 Å². The SMILES string of the molecule is Cc1ccc(C(=O)O[C@H](C)C(=O)Nc2cccc(C#N)c2)cc1C. The van der Waals surface area contributed by atoms with Gasteiger partial charge in [0.05, 0.1) is 17.2 Å². The summed E-state index contributed by atoms with van der Waals surface area (Å²) in [6, 6.07) is 13.8. The molecule has 2 aromatic carbocycles.